The number of carbonyl (C=O) groups excluding carboxylic acids is 14. The van der Waals surface area contributed by atoms with Crippen molar-refractivity contribution in [3.63, 3.8) is 0 Å². The quantitative estimate of drug-likeness (QED) is 0.0482. The highest BCUT2D eigenvalue weighted by Crippen LogP contribution is 2.28. The molecule has 1 aromatic rings. The van der Waals surface area contributed by atoms with Crippen molar-refractivity contribution in [2.24, 2.45) is 35.3 Å². The first-order valence-electron chi connectivity index (χ1n) is 33.5. The zero-order chi connectivity index (χ0) is 71.7. The Kier molecular flexibility index (Phi) is 29.1. The molecule has 29 heteroatoms. The summed E-state index contributed by atoms with van der Waals surface area (Å²) >= 11 is 0. The van der Waals surface area contributed by atoms with Crippen LogP contribution < -0.4 is 37.1 Å². The number of esters is 3. The van der Waals surface area contributed by atoms with Crippen molar-refractivity contribution >= 4 is 82.8 Å². The van der Waals surface area contributed by atoms with Gasteiger partial charge in [0.05, 0.1) is 31.6 Å². The molecule has 15 atom stereocenters. The molecule has 29 nitrogen and oxygen atoms in total. The maximum Gasteiger partial charge on any atom is 0.329 e. The Morgan fingerprint density at radius 1 is 0.833 bits per heavy atom. The number of likely N-dealkylation sites (tertiary alicyclic amines) is 1. The third kappa shape index (κ3) is 20.9. The smallest absolute Gasteiger partial charge is 0.329 e. The summed E-state index contributed by atoms with van der Waals surface area (Å²) in [5.74, 6) is -14.2. The minimum Gasteiger partial charge on any atom is -0.497 e. The third-order valence-corrected chi connectivity index (χ3v) is 18.4. The first-order valence-corrected chi connectivity index (χ1v) is 33.5. The topological polar surface area (TPSA) is 395 Å². The largest absolute Gasteiger partial charge is 0.497 e. The van der Waals surface area contributed by atoms with Gasteiger partial charge in [0, 0.05) is 46.4 Å². The van der Waals surface area contributed by atoms with Gasteiger partial charge < -0.3 is 76.0 Å². The molecule has 0 aromatic heterocycles. The number of nitrogens with one attached hydrogen (secondary N) is 5. The number of ketones is 1. The highest BCUT2D eigenvalue weighted by Gasteiger charge is 2.47. The summed E-state index contributed by atoms with van der Waals surface area (Å²) in [7, 11) is 4.17. The Labute approximate surface area is 561 Å². The van der Waals surface area contributed by atoms with Crippen LogP contribution in [0.4, 0.5) is 0 Å². The number of ether oxygens (including phenoxy) is 4. The standard InChI is InChI=1S/C67H102N10O19/c1-15-37(8)54-50(78)33-53(81)96-57(36(6)7)56(82)38(9)58(83)71-45(30-34(2)3)63(88)77-29-17-19-47(77)65(90)75(13)49(32-41-20-22-42(93-14)23-21-41)67(92)94-39(10)55(61(86)72-54)73-60(85)48(31-35(4)5)74(12)64(89)46-18-16-28-76(46)62(87)40(11)95-66(91)44(24-26-51(68)79)70-59(84)43-25-27-52(80)69-43/h20-23,34-40,43-50,54-55,57,78H,15-19,24-33H2,1-14H3,(H2,68,79)(H,69,80)(H,70,84)(H,71,83)(H,72,86)(H,73,85)/t37-,38-,39+,40-,43-,44-,45?,46-,47-,48+,49?,50-,54?,55?,57?/m0/s1. The van der Waals surface area contributed by atoms with Crippen LogP contribution in [0.15, 0.2) is 24.3 Å². The van der Waals surface area contributed by atoms with Gasteiger partial charge in [0.25, 0.3) is 5.91 Å². The number of benzene rings is 1. The van der Waals surface area contributed by atoms with E-state index in [-0.39, 0.29) is 88.6 Å². The number of amides is 10. The summed E-state index contributed by atoms with van der Waals surface area (Å²) in [5, 5.41) is 25.2. The number of aliphatic hydroxyl groups excluding tert-OH is 1. The number of cyclic esters (lactones) is 2. The molecule has 5 rings (SSSR count). The average molecular weight is 1350 g/mol. The maximum atomic E-state index is 15.2. The SMILES string of the molecule is CC[C@H](C)C1NC(=O)C(NC(=O)[C@@H](CC(C)C)N(C)C(=O)[C@@H]2CCCN2C(=O)[C@H](C)OC(=O)[C@H](CCC(N)=O)NC(=O)[C@@H]2CCC(=O)N2)[C@@H](C)OC(=O)C(Cc2ccc(OC)cc2)N(C)C(=O)[C@@H]2CCCN2C(=O)C(CC(C)C)NC(=O)[C@@H](C)C(=O)C(C(C)C)OC(=O)C[C@@H]1O. The normalized spacial score (nSPS) is 26.6. The minimum absolute atomic E-state index is 0.0193. The molecule has 1 aromatic carbocycles. The van der Waals surface area contributed by atoms with Crippen molar-refractivity contribution in [3.05, 3.63) is 29.8 Å². The fourth-order valence-electron chi connectivity index (χ4n) is 12.4. The van der Waals surface area contributed by atoms with E-state index in [4.69, 9.17) is 24.7 Å². The summed E-state index contributed by atoms with van der Waals surface area (Å²) in [6.45, 7) is 17.8. The predicted molar refractivity (Wildman–Crippen MR) is 346 cm³/mol. The zero-order valence-corrected chi connectivity index (χ0v) is 58.0. The molecule has 8 N–H and O–H groups in total. The Bertz CT molecular complexity index is 3000. The number of primary amides is 1. The van der Waals surface area contributed by atoms with E-state index in [1.54, 1.807) is 65.8 Å². The van der Waals surface area contributed by atoms with Gasteiger partial charge in [-0.05, 0) is 114 Å². The molecule has 4 saturated heterocycles. The molecular weight excluding hydrogens is 1250 g/mol. The molecule has 4 aliphatic rings. The van der Waals surface area contributed by atoms with Crippen LogP contribution >= 0.6 is 0 Å². The predicted octanol–water partition coefficient (Wildman–Crippen LogP) is 0.896. The fourth-order valence-corrected chi connectivity index (χ4v) is 12.4. The van der Waals surface area contributed by atoms with E-state index in [1.807, 2.05) is 13.8 Å². The summed E-state index contributed by atoms with van der Waals surface area (Å²) in [4.78, 5) is 202. The average Bonchev–Trinajstić information content (AvgIpc) is 1.60. The highest BCUT2D eigenvalue weighted by molar-refractivity contribution is 6.05. The maximum absolute atomic E-state index is 15.2. The van der Waals surface area contributed by atoms with Gasteiger partial charge in [-0.3, -0.25) is 57.5 Å². The summed E-state index contributed by atoms with van der Waals surface area (Å²) < 4.78 is 22.9. The van der Waals surface area contributed by atoms with Crippen molar-refractivity contribution in [2.45, 2.75) is 238 Å². The van der Waals surface area contributed by atoms with E-state index in [0.717, 1.165) is 9.80 Å². The highest BCUT2D eigenvalue weighted by atomic mass is 16.6. The second-order valence-corrected chi connectivity index (χ2v) is 27.1. The van der Waals surface area contributed by atoms with E-state index >= 15 is 19.2 Å². The molecular formula is C67H102N10O19. The number of methoxy groups -OCH3 is 1. The molecule has 4 fully saturated rings. The van der Waals surface area contributed by atoms with Crippen LogP contribution in [0.25, 0.3) is 0 Å². The minimum atomic E-state index is -1.86. The lowest BCUT2D eigenvalue weighted by Gasteiger charge is -2.36. The van der Waals surface area contributed by atoms with Gasteiger partial charge in [-0.25, -0.2) is 9.59 Å². The van der Waals surface area contributed by atoms with Crippen LogP contribution in [0.5, 0.6) is 5.75 Å². The molecule has 0 radical (unpaired) electrons. The van der Waals surface area contributed by atoms with Crippen molar-refractivity contribution < 1.29 is 91.2 Å². The number of nitrogens with two attached hydrogens (primary N) is 1. The lowest BCUT2D eigenvalue weighted by Crippen LogP contribution is -2.62. The molecule has 0 bridgehead atoms. The van der Waals surface area contributed by atoms with E-state index in [1.165, 1.54) is 51.8 Å². The van der Waals surface area contributed by atoms with Gasteiger partial charge in [-0.2, -0.15) is 0 Å². The molecule has 4 heterocycles. The van der Waals surface area contributed by atoms with Gasteiger partial charge in [0.2, 0.25) is 53.2 Å². The van der Waals surface area contributed by atoms with Gasteiger partial charge in [0.15, 0.2) is 18.0 Å². The molecule has 534 valence electrons. The van der Waals surface area contributed by atoms with Crippen LogP contribution in [0, 0.1) is 29.6 Å². The van der Waals surface area contributed by atoms with Crippen LogP contribution in [0.3, 0.4) is 0 Å². The van der Waals surface area contributed by atoms with Gasteiger partial charge in [-0.1, -0.05) is 73.9 Å². The number of carbonyl (C=O) groups is 14. The third-order valence-electron chi connectivity index (χ3n) is 18.4. The summed E-state index contributed by atoms with van der Waals surface area (Å²) in [6, 6.07) is -5.39. The number of hydrogen-bond acceptors (Lipinski definition) is 19. The summed E-state index contributed by atoms with van der Waals surface area (Å²) in [6.07, 6.45) is -6.48. The molecule has 0 saturated carbocycles. The molecule has 10 amide bonds. The van der Waals surface area contributed by atoms with Crippen LogP contribution in [0.1, 0.15) is 159 Å². The molecule has 4 aliphatic heterocycles. The van der Waals surface area contributed by atoms with E-state index in [9.17, 15) is 53.1 Å². The van der Waals surface area contributed by atoms with Gasteiger partial charge in [-0.15, -0.1) is 0 Å². The monoisotopic (exact) mass is 1350 g/mol. The Morgan fingerprint density at radius 2 is 1.49 bits per heavy atom. The Morgan fingerprint density at radius 3 is 2.07 bits per heavy atom. The van der Waals surface area contributed by atoms with E-state index < -0.39 is 180 Å². The van der Waals surface area contributed by atoms with Crippen molar-refractivity contribution in [3.8, 4) is 5.75 Å². The first kappa shape index (κ1) is 78.5. The van der Waals surface area contributed by atoms with Crippen molar-refractivity contribution in [1.29, 1.82) is 0 Å². The van der Waals surface area contributed by atoms with Crippen LogP contribution in [-0.4, -0.2) is 221 Å². The van der Waals surface area contributed by atoms with E-state index in [0.29, 0.717) is 30.6 Å². The van der Waals surface area contributed by atoms with Crippen LogP contribution in [0.2, 0.25) is 0 Å². The molecule has 0 aliphatic carbocycles. The fraction of sp³-hybridized carbons (Fsp3) is 0.701. The van der Waals surface area contributed by atoms with Crippen molar-refractivity contribution in [1.82, 2.24) is 46.2 Å². The number of hydrogen-bond donors (Lipinski definition) is 7. The second-order valence-electron chi connectivity index (χ2n) is 27.1. The van der Waals surface area contributed by atoms with E-state index in [2.05, 4.69) is 26.6 Å². The molecule has 0 spiro atoms. The molecule has 96 heavy (non-hydrogen) atoms. The number of Topliss-reactive ketones (excluding diaryl/α,β-unsaturated/α-hetero) is 1. The first-order chi connectivity index (χ1) is 45.1. The molecule has 5 unspecified atom stereocenters. The number of fused-ring (bicyclic) bond motifs is 1. The van der Waals surface area contributed by atoms with Crippen LogP contribution in [-0.2, 0) is 87.8 Å². The summed E-state index contributed by atoms with van der Waals surface area (Å²) in [5.41, 5.74) is 5.88. The van der Waals surface area contributed by atoms with Gasteiger partial charge in [0.1, 0.15) is 60.2 Å². The zero-order valence-electron chi connectivity index (χ0n) is 58.0. The van der Waals surface area contributed by atoms with Crippen molar-refractivity contribution in [2.75, 3.05) is 34.3 Å². The number of nitrogens with zero attached hydrogens (tertiary/aromatic N) is 4. The van der Waals surface area contributed by atoms with Gasteiger partial charge >= 0.3 is 17.9 Å². The number of rotatable bonds is 22. The number of aliphatic hydroxyl groups is 1. The second kappa shape index (κ2) is 35.7. The number of likely N-dealkylation sites (N-methyl/N-ethyl adjacent to an activating group) is 2. The Hall–Kier alpha value is -8.24. The lowest BCUT2D eigenvalue weighted by molar-refractivity contribution is -0.163. The lowest BCUT2D eigenvalue weighted by atomic mass is 9.91. The Balaban J connectivity index is 1.54.